The fraction of sp³-hybridized carbons (Fsp3) is 0.250. The Balaban J connectivity index is 1.92. The molecule has 4 heteroatoms. The van der Waals surface area contributed by atoms with Crippen LogP contribution in [0.3, 0.4) is 0 Å². The average Bonchev–Trinajstić information content (AvgIpc) is 2.76. The van der Waals surface area contributed by atoms with E-state index in [9.17, 15) is 4.39 Å². The second-order valence-corrected chi connectivity index (χ2v) is 3.53. The average molecular weight is 220 g/mol. The molecule has 0 aliphatic rings. The van der Waals surface area contributed by atoms with E-state index in [0.29, 0.717) is 18.9 Å². The van der Waals surface area contributed by atoms with Gasteiger partial charge in [0.15, 0.2) is 0 Å². The van der Waals surface area contributed by atoms with Crippen molar-refractivity contribution in [1.82, 2.24) is 9.78 Å². The van der Waals surface area contributed by atoms with Crippen LogP contribution in [0.4, 0.5) is 4.39 Å². The minimum atomic E-state index is -0.278. The Morgan fingerprint density at radius 1 is 1.44 bits per heavy atom. The van der Waals surface area contributed by atoms with E-state index in [0.717, 1.165) is 5.56 Å². The molecule has 0 aliphatic heterocycles. The van der Waals surface area contributed by atoms with Crippen molar-refractivity contribution in [3.05, 3.63) is 48.0 Å². The van der Waals surface area contributed by atoms with Gasteiger partial charge in [-0.2, -0.15) is 5.10 Å². The van der Waals surface area contributed by atoms with Crippen molar-refractivity contribution < 1.29 is 9.13 Å². The number of rotatable bonds is 4. The van der Waals surface area contributed by atoms with Crippen molar-refractivity contribution in [2.45, 2.75) is 13.5 Å². The SMILES string of the molecule is Cc1ccc(F)cc1OCCn1cccn1. The van der Waals surface area contributed by atoms with Gasteiger partial charge in [-0.3, -0.25) is 4.68 Å². The highest BCUT2D eigenvalue weighted by molar-refractivity contribution is 5.32. The first kappa shape index (κ1) is 10.7. The first-order chi connectivity index (χ1) is 7.75. The largest absolute Gasteiger partial charge is 0.491 e. The quantitative estimate of drug-likeness (QED) is 0.791. The van der Waals surface area contributed by atoms with Crippen LogP contribution in [-0.4, -0.2) is 16.4 Å². The maximum atomic E-state index is 13.0. The summed E-state index contributed by atoms with van der Waals surface area (Å²) in [6, 6.07) is 6.39. The van der Waals surface area contributed by atoms with Gasteiger partial charge in [0, 0.05) is 18.5 Å². The monoisotopic (exact) mass is 220 g/mol. The molecule has 16 heavy (non-hydrogen) atoms. The summed E-state index contributed by atoms with van der Waals surface area (Å²) in [7, 11) is 0. The van der Waals surface area contributed by atoms with Gasteiger partial charge in [0.1, 0.15) is 18.2 Å². The zero-order valence-corrected chi connectivity index (χ0v) is 9.06. The summed E-state index contributed by atoms with van der Waals surface area (Å²) in [5, 5.41) is 4.05. The zero-order chi connectivity index (χ0) is 11.4. The minimum absolute atomic E-state index is 0.278. The van der Waals surface area contributed by atoms with Gasteiger partial charge in [-0.1, -0.05) is 6.07 Å². The third-order valence-corrected chi connectivity index (χ3v) is 2.29. The lowest BCUT2D eigenvalue weighted by atomic mass is 10.2. The van der Waals surface area contributed by atoms with E-state index in [2.05, 4.69) is 5.10 Å². The third kappa shape index (κ3) is 2.59. The molecule has 0 saturated carbocycles. The number of nitrogens with zero attached hydrogens (tertiary/aromatic N) is 2. The predicted octanol–water partition coefficient (Wildman–Crippen LogP) is 2.41. The number of aryl methyl sites for hydroxylation is 1. The summed E-state index contributed by atoms with van der Waals surface area (Å²) in [4.78, 5) is 0. The first-order valence-electron chi connectivity index (χ1n) is 5.12. The van der Waals surface area contributed by atoms with Crippen molar-refractivity contribution >= 4 is 0 Å². The lowest BCUT2D eigenvalue weighted by molar-refractivity contribution is 0.288. The van der Waals surface area contributed by atoms with Crippen LogP contribution in [0.1, 0.15) is 5.56 Å². The highest BCUT2D eigenvalue weighted by Crippen LogP contribution is 2.18. The van der Waals surface area contributed by atoms with Crippen LogP contribution < -0.4 is 4.74 Å². The van der Waals surface area contributed by atoms with Crippen molar-refractivity contribution in [3.63, 3.8) is 0 Å². The summed E-state index contributed by atoms with van der Waals surface area (Å²) < 4.78 is 20.2. The minimum Gasteiger partial charge on any atom is -0.491 e. The lowest BCUT2D eigenvalue weighted by Crippen LogP contribution is -2.09. The molecule has 0 spiro atoms. The molecule has 1 aromatic carbocycles. The molecule has 0 saturated heterocycles. The molecule has 0 unspecified atom stereocenters. The molecular formula is C12H13FN2O. The molecular weight excluding hydrogens is 207 g/mol. The van der Waals surface area contributed by atoms with E-state index in [-0.39, 0.29) is 5.82 Å². The van der Waals surface area contributed by atoms with E-state index in [1.165, 1.54) is 12.1 Å². The van der Waals surface area contributed by atoms with Crippen molar-refractivity contribution in [2.75, 3.05) is 6.61 Å². The molecule has 2 rings (SSSR count). The van der Waals surface area contributed by atoms with Gasteiger partial charge in [-0.25, -0.2) is 4.39 Å². The van der Waals surface area contributed by atoms with Gasteiger partial charge in [0.25, 0.3) is 0 Å². The molecule has 84 valence electrons. The van der Waals surface area contributed by atoms with Gasteiger partial charge in [0.2, 0.25) is 0 Å². The molecule has 0 fully saturated rings. The van der Waals surface area contributed by atoms with E-state index in [1.54, 1.807) is 16.9 Å². The van der Waals surface area contributed by atoms with Crippen LogP contribution in [-0.2, 0) is 6.54 Å². The maximum absolute atomic E-state index is 13.0. The summed E-state index contributed by atoms with van der Waals surface area (Å²) >= 11 is 0. The molecule has 3 nitrogen and oxygen atoms in total. The number of benzene rings is 1. The number of hydrogen-bond donors (Lipinski definition) is 0. The normalized spacial score (nSPS) is 10.4. The summed E-state index contributed by atoms with van der Waals surface area (Å²) in [6.07, 6.45) is 3.58. The van der Waals surface area contributed by atoms with Crippen LogP contribution in [0.15, 0.2) is 36.7 Å². The van der Waals surface area contributed by atoms with Gasteiger partial charge >= 0.3 is 0 Å². The van der Waals surface area contributed by atoms with Gasteiger partial charge in [0.05, 0.1) is 6.54 Å². The molecule has 1 aromatic heterocycles. The molecule has 0 amide bonds. The highest BCUT2D eigenvalue weighted by atomic mass is 19.1. The molecule has 0 bridgehead atoms. The first-order valence-corrected chi connectivity index (χ1v) is 5.12. The zero-order valence-electron chi connectivity index (χ0n) is 9.06. The Hall–Kier alpha value is -1.84. The number of aromatic nitrogens is 2. The molecule has 0 radical (unpaired) electrons. The van der Waals surface area contributed by atoms with E-state index < -0.39 is 0 Å². The smallest absolute Gasteiger partial charge is 0.126 e. The topological polar surface area (TPSA) is 27.1 Å². The fourth-order valence-electron chi connectivity index (χ4n) is 1.41. The summed E-state index contributed by atoms with van der Waals surface area (Å²) in [5.41, 5.74) is 0.932. The van der Waals surface area contributed by atoms with Crippen LogP contribution in [0.2, 0.25) is 0 Å². The van der Waals surface area contributed by atoms with E-state index in [4.69, 9.17) is 4.74 Å². The Bertz CT molecular complexity index is 454. The summed E-state index contributed by atoms with van der Waals surface area (Å²) in [6.45, 7) is 3.03. The predicted molar refractivity (Wildman–Crippen MR) is 58.9 cm³/mol. The molecule has 0 atom stereocenters. The van der Waals surface area contributed by atoms with E-state index >= 15 is 0 Å². The Morgan fingerprint density at radius 2 is 2.31 bits per heavy atom. The van der Waals surface area contributed by atoms with Crippen LogP contribution in [0.25, 0.3) is 0 Å². The number of halogens is 1. The summed E-state index contributed by atoms with van der Waals surface area (Å²) in [5.74, 6) is 0.312. The van der Waals surface area contributed by atoms with Gasteiger partial charge < -0.3 is 4.74 Å². The molecule has 0 aliphatic carbocycles. The Morgan fingerprint density at radius 3 is 3.06 bits per heavy atom. The number of ether oxygens (including phenoxy) is 1. The molecule has 2 aromatic rings. The fourth-order valence-corrected chi connectivity index (χ4v) is 1.41. The van der Waals surface area contributed by atoms with Crippen molar-refractivity contribution in [2.24, 2.45) is 0 Å². The number of hydrogen-bond acceptors (Lipinski definition) is 2. The molecule has 0 N–H and O–H groups in total. The van der Waals surface area contributed by atoms with Gasteiger partial charge in [-0.15, -0.1) is 0 Å². The van der Waals surface area contributed by atoms with Crippen LogP contribution in [0.5, 0.6) is 5.75 Å². The maximum Gasteiger partial charge on any atom is 0.126 e. The molecule has 1 heterocycles. The standard InChI is InChI=1S/C12H13FN2O/c1-10-3-4-11(13)9-12(10)16-8-7-15-6-2-5-14-15/h2-6,9H,7-8H2,1H3. The Labute approximate surface area is 93.5 Å². The van der Waals surface area contributed by atoms with Crippen LogP contribution >= 0.6 is 0 Å². The van der Waals surface area contributed by atoms with Crippen molar-refractivity contribution in [1.29, 1.82) is 0 Å². The van der Waals surface area contributed by atoms with Gasteiger partial charge in [-0.05, 0) is 24.6 Å². The second-order valence-electron chi connectivity index (χ2n) is 3.53. The third-order valence-electron chi connectivity index (χ3n) is 2.29. The Kier molecular flexibility index (Phi) is 3.19. The lowest BCUT2D eigenvalue weighted by Gasteiger charge is -2.08. The van der Waals surface area contributed by atoms with Crippen LogP contribution in [0, 0.1) is 12.7 Å². The highest BCUT2D eigenvalue weighted by Gasteiger charge is 2.01. The van der Waals surface area contributed by atoms with E-state index in [1.807, 2.05) is 19.2 Å². The van der Waals surface area contributed by atoms with Crippen molar-refractivity contribution in [3.8, 4) is 5.75 Å². The second kappa shape index (κ2) is 4.79.